The number of nitrogens with one attached hydrogen (secondary N) is 1. The first-order chi connectivity index (χ1) is 12.4. The Morgan fingerprint density at radius 2 is 2.15 bits per heavy atom. The summed E-state index contributed by atoms with van der Waals surface area (Å²) in [5.74, 6) is 0.416. The molecule has 1 N–H and O–H groups in total. The van der Waals surface area contributed by atoms with Gasteiger partial charge in [-0.15, -0.1) is 0 Å². The number of alkyl halides is 3. The molecule has 1 amide bonds. The summed E-state index contributed by atoms with van der Waals surface area (Å²) in [6.45, 7) is -1.12. The van der Waals surface area contributed by atoms with Crippen molar-refractivity contribution in [2.45, 2.75) is 44.4 Å². The fraction of sp³-hybridized carbons (Fsp3) is 0.444. The molecule has 0 unspecified atom stereocenters. The van der Waals surface area contributed by atoms with Crippen LogP contribution in [0.4, 0.5) is 13.2 Å². The van der Waals surface area contributed by atoms with Gasteiger partial charge in [-0.2, -0.15) is 18.3 Å². The minimum absolute atomic E-state index is 0.138. The van der Waals surface area contributed by atoms with Gasteiger partial charge in [0.1, 0.15) is 12.3 Å². The van der Waals surface area contributed by atoms with Crippen LogP contribution in [-0.4, -0.2) is 29.0 Å². The van der Waals surface area contributed by atoms with Crippen molar-refractivity contribution in [1.82, 2.24) is 15.1 Å². The minimum atomic E-state index is -4.32. The average molecular weight is 367 g/mol. The standard InChI is InChI=1S/C18H20F3N3O2/c1-26-15-8-3-2-5-12(15)9-16(25)22-14-7-4-6-13-10-24(23-17(13)14)11-18(19,20)21/h2-3,5,8,10,14H,4,6-7,9,11H2,1H3,(H,22,25)/t14-/m0/s1. The van der Waals surface area contributed by atoms with E-state index in [0.29, 0.717) is 24.3 Å². The predicted octanol–water partition coefficient (Wildman–Crippen LogP) is 3.19. The molecular formula is C18H20F3N3O2. The number of fused-ring (bicyclic) bond motifs is 1. The number of rotatable bonds is 5. The molecule has 1 heterocycles. The molecule has 0 fully saturated rings. The summed E-state index contributed by atoms with van der Waals surface area (Å²) in [6, 6.07) is 6.86. The van der Waals surface area contributed by atoms with E-state index in [1.54, 1.807) is 6.07 Å². The van der Waals surface area contributed by atoms with Crippen LogP contribution in [0.1, 0.15) is 35.7 Å². The largest absolute Gasteiger partial charge is 0.496 e. The highest BCUT2D eigenvalue weighted by Gasteiger charge is 2.31. The highest BCUT2D eigenvalue weighted by atomic mass is 19.4. The van der Waals surface area contributed by atoms with Crippen molar-refractivity contribution >= 4 is 5.91 Å². The zero-order chi connectivity index (χ0) is 18.7. The van der Waals surface area contributed by atoms with E-state index in [9.17, 15) is 18.0 Å². The van der Waals surface area contributed by atoms with Gasteiger partial charge in [0.05, 0.1) is 25.3 Å². The van der Waals surface area contributed by atoms with Crippen molar-refractivity contribution in [3.63, 3.8) is 0 Å². The molecule has 2 aromatic rings. The summed E-state index contributed by atoms with van der Waals surface area (Å²) in [4.78, 5) is 12.4. The van der Waals surface area contributed by atoms with E-state index in [0.717, 1.165) is 22.2 Å². The van der Waals surface area contributed by atoms with Gasteiger partial charge in [-0.1, -0.05) is 18.2 Å². The van der Waals surface area contributed by atoms with Gasteiger partial charge in [0.25, 0.3) is 0 Å². The van der Waals surface area contributed by atoms with E-state index in [-0.39, 0.29) is 18.4 Å². The number of carbonyl (C=O) groups is 1. The molecule has 1 aliphatic rings. The Kier molecular flexibility index (Phi) is 5.20. The number of nitrogens with zero attached hydrogens (tertiary/aromatic N) is 2. The molecule has 3 rings (SSSR count). The quantitative estimate of drug-likeness (QED) is 0.883. The first-order valence-corrected chi connectivity index (χ1v) is 8.40. The average Bonchev–Trinajstić information content (AvgIpc) is 2.96. The summed E-state index contributed by atoms with van der Waals surface area (Å²) < 4.78 is 43.9. The summed E-state index contributed by atoms with van der Waals surface area (Å²) in [5, 5.41) is 6.97. The number of para-hydroxylation sites is 1. The maximum absolute atomic E-state index is 12.6. The van der Waals surface area contributed by atoms with Gasteiger partial charge in [0.2, 0.25) is 5.91 Å². The highest BCUT2D eigenvalue weighted by Crippen LogP contribution is 2.30. The van der Waals surface area contributed by atoms with Gasteiger partial charge in [-0.3, -0.25) is 9.48 Å². The molecule has 0 saturated heterocycles. The molecular weight excluding hydrogens is 347 g/mol. The number of amides is 1. The second-order valence-electron chi connectivity index (χ2n) is 6.35. The smallest absolute Gasteiger partial charge is 0.408 e. The molecule has 0 spiro atoms. The normalized spacial score (nSPS) is 16.8. The number of hydrogen-bond donors (Lipinski definition) is 1. The Balaban J connectivity index is 1.70. The number of aryl methyl sites for hydroxylation is 1. The fourth-order valence-corrected chi connectivity index (χ4v) is 3.27. The van der Waals surface area contributed by atoms with E-state index in [1.165, 1.54) is 13.3 Å². The van der Waals surface area contributed by atoms with E-state index in [2.05, 4.69) is 10.4 Å². The molecule has 1 aliphatic carbocycles. The second-order valence-corrected chi connectivity index (χ2v) is 6.35. The van der Waals surface area contributed by atoms with Crippen molar-refractivity contribution in [2.24, 2.45) is 0 Å². The van der Waals surface area contributed by atoms with Crippen LogP contribution < -0.4 is 10.1 Å². The van der Waals surface area contributed by atoms with Gasteiger partial charge < -0.3 is 10.1 Å². The Morgan fingerprint density at radius 1 is 1.38 bits per heavy atom. The lowest BCUT2D eigenvalue weighted by atomic mass is 9.93. The number of halogens is 3. The number of aromatic nitrogens is 2. The van der Waals surface area contributed by atoms with Crippen LogP contribution in [-0.2, 0) is 24.2 Å². The molecule has 0 radical (unpaired) electrons. The SMILES string of the molecule is COc1ccccc1CC(=O)N[C@H]1CCCc2cn(CC(F)(F)F)nc21. The van der Waals surface area contributed by atoms with Gasteiger partial charge in [0, 0.05) is 11.8 Å². The van der Waals surface area contributed by atoms with Crippen LogP contribution in [0.25, 0.3) is 0 Å². The number of benzene rings is 1. The van der Waals surface area contributed by atoms with Gasteiger partial charge in [-0.25, -0.2) is 0 Å². The van der Waals surface area contributed by atoms with Crippen LogP contribution in [0.2, 0.25) is 0 Å². The van der Waals surface area contributed by atoms with Gasteiger partial charge in [0.15, 0.2) is 0 Å². The summed E-state index contributed by atoms with van der Waals surface area (Å²) >= 11 is 0. The fourth-order valence-electron chi connectivity index (χ4n) is 3.27. The molecule has 1 atom stereocenters. The van der Waals surface area contributed by atoms with Gasteiger partial charge in [-0.05, 0) is 30.9 Å². The Labute approximate surface area is 149 Å². The second kappa shape index (κ2) is 7.39. The van der Waals surface area contributed by atoms with E-state index < -0.39 is 12.7 Å². The lowest BCUT2D eigenvalue weighted by Crippen LogP contribution is -2.32. The number of methoxy groups -OCH3 is 1. The number of hydrogen-bond acceptors (Lipinski definition) is 3. The number of ether oxygens (including phenoxy) is 1. The third kappa shape index (κ3) is 4.36. The highest BCUT2D eigenvalue weighted by molar-refractivity contribution is 5.79. The summed E-state index contributed by atoms with van der Waals surface area (Å²) in [6.07, 6.45) is -0.623. The first kappa shape index (κ1) is 18.3. The lowest BCUT2D eigenvalue weighted by molar-refractivity contribution is -0.142. The summed E-state index contributed by atoms with van der Waals surface area (Å²) in [7, 11) is 1.54. The predicted molar refractivity (Wildman–Crippen MR) is 88.8 cm³/mol. The lowest BCUT2D eigenvalue weighted by Gasteiger charge is -2.22. The van der Waals surface area contributed by atoms with E-state index in [1.807, 2.05) is 18.2 Å². The Morgan fingerprint density at radius 3 is 2.88 bits per heavy atom. The van der Waals surface area contributed by atoms with Gasteiger partial charge >= 0.3 is 6.18 Å². The molecule has 1 aromatic carbocycles. The van der Waals surface area contributed by atoms with Crippen molar-refractivity contribution in [2.75, 3.05) is 7.11 Å². The van der Waals surface area contributed by atoms with Crippen LogP contribution in [0, 0.1) is 0 Å². The molecule has 140 valence electrons. The zero-order valence-corrected chi connectivity index (χ0v) is 14.3. The van der Waals surface area contributed by atoms with Crippen molar-refractivity contribution in [1.29, 1.82) is 0 Å². The monoisotopic (exact) mass is 367 g/mol. The maximum Gasteiger partial charge on any atom is 0.408 e. The van der Waals surface area contributed by atoms with Crippen LogP contribution in [0.5, 0.6) is 5.75 Å². The number of carbonyl (C=O) groups excluding carboxylic acids is 1. The van der Waals surface area contributed by atoms with Crippen LogP contribution in [0.15, 0.2) is 30.5 Å². The Hall–Kier alpha value is -2.51. The Bertz CT molecular complexity index is 786. The van der Waals surface area contributed by atoms with Crippen molar-refractivity contribution in [3.8, 4) is 5.75 Å². The van der Waals surface area contributed by atoms with Crippen LogP contribution in [0.3, 0.4) is 0 Å². The molecule has 8 heteroatoms. The topological polar surface area (TPSA) is 56.1 Å². The van der Waals surface area contributed by atoms with Crippen LogP contribution >= 0.6 is 0 Å². The molecule has 0 bridgehead atoms. The summed E-state index contributed by atoms with van der Waals surface area (Å²) in [5.41, 5.74) is 2.06. The van der Waals surface area contributed by atoms with Crippen molar-refractivity contribution in [3.05, 3.63) is 47.3 Å². The van der Waals surface area contributed by atoms with Crippen molar-refractivity contribution < 1.29 is 22.7 Å². The molecule has 26 heavy (non-hydrogen) atoms. The third-order valence-electron chi connectivity index (χ3n) is 4.36. The molecule has 0 saturated carbocycles. The maximum atomic E-state index is 12.6. The van der Waals surface area contributed by atoms with E-state index >= 15 is 0 Å². The molecule has 0 aliphatic heterocycles. The van der Waals surface area contributed by atoms with E-state index in [4.69, 9.17) is 4.74 Å². The molecule has 5 nitrogen and oxygen atoms in total. The zero-order valence-electron chi connectivity index (χ0n) is 14.3. The minimum Gasteiger partial charge on any atom is -0.496 e. The molecule has 1 aromatic heterocycles. The third-order valence-corrected chi connectivity index (χ3v) is 4.36. The first-order valence-electron chi connectivity index (χ1n) is 8.40.